The summed E-state index contributed by atoms with van der Waals surface area (Å²) >= 11 is 0. The van der Waals surface area contributed by atoms with Crippen LogP contribution in [0, 0.1) is 5.92 Å². The van der Waals surface area contributed by atoms with E-state index in [4.69, 9.17) is 0 Å². The van der Waals surface area contributed by atoms with E-state index in [9.17, 15) is 0 Å². The SMILES string of the molecule is C=C/C=[N+](\C)C(CC(=C)N(C)/C=C\C)C(C)CCC. The zero-order chi connectivity index (χ0) is 14.8. The Morgan fingerprint density at radius 3 is 2.53 bits per heavy atom. The second-order valence-corrected chi connectivity index (χ2v) is 5.25. The van der Waals surface area contributed by atoms with Gasteiger partial charge in [0.05, 0.1) is 0 Å². The Labute approximate surface area is 119 Å². The maximum atomic E-state index is 4.21. The van der Waals surface area contributed by atoms with Crippen molar-refractivity contribution >= 4 is 6.21 Å². The maximum absolute atomic E-state index is 4.21. The van der Waals surface area contributed by atoms with Crippen LogP contribution in [0.4, 0.5) is 0 Å². The van der Waals surface area contributed by atoms with E-state index in [1.165, 1.54) is 12.8 Å². The number of nitrogens with zero attached hydrogens (tertiary/aromatic N) is 2. The highest BCUT2D eigenvalue weighted by molar-refractivity contribution is 5.65. The van der Waals surface area contributed by atoms with E-state index in [-0.39, 0.29) is 0 Å². The van der Waals surface area contributed by atoms with Crippen molar-refractivity contribution in [2.24, 2.45) is 5.92 Å². The van der Waals surface area contributed by atoms with E-state index in [2.05, 4.69) is 63.0 Å². The molecule has 0 radical (unpaired) electrons. The Hall–Kier alpha value is -1.31. The van der Waals surface area contributed by atoms with Gasteiger partial charge in [-0.15, -0.1) is 0 Å². The maximum Gasteiger partial charge on any atom is 0.162 e. The number of hydrogen-bond acceptors (Lipinski definition) is 1. The molecular formula is C17H31N2+. The predicted octanol–water partition coefficient (Wildman–Crippen LogP) is 4.06. The lowest BCUT2D eigenvalue weighted by Gasteiger charge is -2.24. The van der Waals surface area contributed by atoms with Gasteiger partial charge in [-0.05, 0) is 25.6 Å². The van der Waals surface area contributed by atoms with Crippen LogP contribution in [0.1, 0.15) is 40.0 Å². The van der Waals surface area contributed by atoms with E-state index >= 15 is 0 Å². The molecule has 2 unspecified atom stereocenters. The molecule has 108 valence electrons. The van der Waals surface area contributed by atoms with Gasteiger partial charge in [-0.25, -0.2) is 4.58 Å². The predicted molar refractivity (Wildman–Crippen MR) is 86.6 cm³/mol. The molecule has 0 aliphatic heterocycles. The zero-order valence-corrected chi connectivity index (χ0v) is 13.4. The lowest BCUT2D eigenvalue weighted by Crippen LogP contribution is -2.32. The van der Waals surface area contributed by atoms with Crippen LogP contribution in [-0.4, -0.2) is 35.8 Å². The van der Waals surface area contributed by atoms with Crippen LogP contribution in [0.2, 0.25) is 0 Å². The van der Waals surface area contributed by atoms with Crippen molar-refractivity contribution in [3.8, 4) is 0 Å². The molecule has 2 heteroatoms. The fourth-order valence-corrected chi connectivity index (χ4v) is 2.39. The van der Waals surface area contributed by atoms with Crippen LogP contribution in [0.15, 0.2) is 37.2 Å². The van der Waals surface area contributed by atoms with Crippen molar-refractivity contribution in [1.82, 2.24) is 4.90 Å². The molecule has 0 aromatic carbocycles. The third kappa shape index (κ3) is 6.42. The van der Waals surface area contributed by atoms with Crippen LogP contribution in [-0.2, 0) is 0 Å². The van der Waals surface area contributed by atoms with Gasteiger partial charge < -0.3 is 4.90 Å². The first-order valence-electron chi connectivity index (χ1n) is 7.19. The molecule has 0 saturated carbocycles. The van der Waals surface area contributed by atoms with Crippen molar-refractivity contribution in [3.05, 3.63) is 37.2 Å². The molecule has 0 aromatic rings. The standard InChI is InChI=1S/C17H31N2/c1-8-11-15(4)17(19(7)13-10-3)14-16(5)18(6)12-9-2/h9-10,12-13,15,17H,3,5,8,11,14H2,1-2,4,6-7H3/q+1/b12-9-,19-13+. The van der Waals surface area contributed by atoms with E-state index in [1.54, 1.807) is 0 Å². The van der Waals surface area contributed by atoms with Crippen molar-refractivity contribution in [3.63, 3.8) is 0 Å². The van der Waals surface area contributed by atoms with Crippen molar-refractivity contribution in [2.75, 3.05) is 14.1 Å². The lowest BCUT2D eigenvalue weighted by molar-refractivity contribution is -0.542. The summed E-state index contributed by atoms with van der Waals surface area (Å²) in [6, 6.07) is 0.471. The second kappa shape index (κ2) is 9.60. The summed E-state index contributed by atoms with van der Waals surface area (Å²) in [4.78, 5) is 2.10. The first-order chi connectivity index (χ1) is 8.97. The summed E-state index contributed by atoms with van der Waals surface area (Å²) in [5.74, 6) is 0.641. The molecule has 0 rings (SSSR count). The summed E-state index contributed by atoms with van der Waals surface area (Å²) in [5.41, 5.74) is 1.15. The Morgan fingerprint density at radius 2 is 2.05 bits per heavy atom. The third-order valence-corrected chi connectivity index (χ3v) is 3.58. The van der Waals surface area contributed by atoms with Gasteiger partial charge in [0.25, 0.3) is 0 Å². The molecule has 19 heavy (non-hydrogen) atoms. The van der Waals surface area contributed by atoms with Gasteiger partial charge in [0, 0.05) is 25.1 Å². The van der Waals surface area contributed by atoms with Gasteiger partial charge in [0.2, 0.25) is 0 Å². The molecule has 0 fully saturated rings. The van der Waals surface area contributed by atoms with Crippen LogP contribution >= 0.6 is 0 Å². The molecule has 0 aliphatic carbocycles. The highest BCUT2D eigenvalue weighted by Gasteiger charge is 2.25. The molecule has 2 atom stereocenters. The van der Waals surface area contributed by atoms with Gasteiger partial charge in [-0.1, -0.05) is 39.5 Å². The Bertz CT molecular complexity index is 339. The summed E-state index contributed by atoms with van der Waals surface area (Å²) in [5, 5.41) is 0. The summed E-state index contributed by atoms with van der Waals surface area (Å²) in [6.45, 7) is 14.6. The van der Waals surface area contributed by atoms with E-state index in [0.29, 0.717) is 12.0 Å². The third-order valence-electron chi connectivity index (χ3n) is 3.58. The number of hydrogen-bond donors (Lipinski definition) is 0. The fraction of sp³-hybridized carbons (Fsp3) is 0.588. The van der Waals surface area contributed by atoms with Crippen LogP contribution in [0.3, 0.4) is 0 Å². The molecule has 0 spiro atoms. The Kier molecular flexibility index (Phi) is 8.94. The fourth-order valence-electron chi connectivity index (χ4n) is 2.39. The highest BCUT2D eigenvalue weighted by Crippen LogP contribution is 2.20. The van der Waals surface area contributed by atoms with E-state index < -0.39 is 0 Å². The molecular weight excluding hydrogens is 232 g/mol. The topological polar surface area (TPSA) is 6.25 Å². The van der Waals surface area contributed by atoms with Gasteiger partial charge in [-0.3, -0.25) is 0 Å². The van der Waals surface area contributed by atoms with Crippen molar-refractivity contribution < 1.29 is 4.58 Å². The Balaban J connectivity index is 4.90. The highest BCUT2D eigenvalue weighted by atomic mass is 15.1. The quantitative estimate of drug-likeness (QED) is 0.449. The first kappa shape index (κ1) is 17.7. The molecule has 0 aromatic heterocycles. The monoisotopic (exact) mass is 263 g/mol. The number of rotatable bonds is 9. The molecule has 0 saturated heterocycles. The van der Waals surface area contributed by atoms with Gasteiger partial charge in [0.1, 0.15) is 7.05 Å². The minimum atomic E-state index is 0.471. The van der Waals surface area contributed by atoms with E-state index in [0.717, 1.165) is 12.1 Å². The van der Waals surface area contributed by atoms with Crippen LogP contribution < -0.4 is 0 Å². The summed E-state index contributed by atoms with van der Waals surface area (Å²) < 4.78 is 2.27. The summed E-state index contributed by atoms with van der Waals surface area (Å²) in [7, 11) is 4.18. The van der Waals surface area contributed by atoms with Crippen molar-refractivity contribution in [2.45, 2.75) is 46.1 Å². The van der Waals surface area contributed by atoms with E-state index in [1.807, 2.05) is 19.1 Å². The Morgan fingerprint density at radius 1 is 1.42 bits per heavy atom. The van der Waals surface area contributed by atoms with Gasteiger partial charge >= 0.3 is 0 Å². The van der Waals surface area contributed by atoms with Crippen LogP contribution in [0.5, 0.6) is 0 Å². The molecule has 0 amide bonds. The average molecular weight is 263 g/mol. The number of allylic oxidation sites excluding steroid dienone is 2. The molecule has 0 bridgehead atoms. The molecule has 0 N–H and O–H groups in total. The van der Waals surface area contributed by atoms with Crippen LogP contribution in [0.25, 0.3) is 0 Å². The minimum absolute atomic E-state index is 0.471. The van der Waals surface area contributed by atoms with Crippen molar-refractivity contribution in [1.29, 1.82) is 0 Å². The van der Waals surface area contributed by atoms with Gasteiger partial charge in [0.15, 0.2) is 12.3 Å². The van der Waals surface area contributed by atoms with Gasteiger partial charge in [-0.2, -0.15) is 0 Å². The summed E-state index contributed by atoms with van der Waals surface area (Å²) in [6.07, 6.45) is 11.4. The normalized spacial score (nSPS) is 15.3. The molecule has 2 nitrogen and oxygen atoms in total. The smallest absolute Gasteiger partial charge is 0.162 e. The second-order valence-electron chi connectivity index (χ2n) is 5.25. The lowest BCUT2D eigenvalue weighted by atomic mass is 9.93. The first-order valence-corrected chi connectivity index (χ1v) is 7.19. The zero-order valence-electron chi connectivity index (χ0n) is 13.4. The minimum Gasteiger partial charge on any atom is -0.355 e. The molecule has 0 aliphatic rings. The average Bonchev–Trinajstić information content (AvgIpc) is 2.36. The largest absolute Gasteiger partial charge is 0.355 e. The molecule has 0 heterocycles.